The van der Waals surface area contributed by atoms with Gasteiger partial charge in [0, 0.05) is 6.07 Å². The summed E-state index contributed by atoms with van der Waals surface area (Å²) in [6.07, 6.45) is 1.49. The first-order valence-electron chi connectivity index (χ1n) is 4.44. The normalized spacial score (nSPS) is 10.2. The molecule has 0 saturated carbocycles. The summed E-state index contributed by atoms with van der Waals surface area (Å²) in [5.41, 5.74) is 7.43. The number of nitrogen functional groups attached to an aromatic ring is 1. The molecule has 0 aliphatic heterocycles. The van der Waals surface area contributed by atoms with Crippen LogP contribution in [0.25, 0.3) is 0 Å². The van der Waals surface area contributed by atoms with Crippen LogP contribution in [0.5, 0.6) is 0 Å². The zero-order valence-electron chi connectivity index (χ0n) is 7.90. The Hall–Kier alpha value is -2.04. The fourth-order valence-corrected chi connectivity index (χ4v) is 1.21. The van der Waals surface area contributed by atoms with Crippen molar-refractivity contribution in [3.05, 3.63) is 42.0 Å². The first-order chi connectivity index (χ1) is 7.25. The van der Waals surface area contributed by atoms with Crippen molar-refractivity contribution in [2.75, 3.05) is 11.1 Å². The van der Waals surface area contributed by atoms with Gasteiger partial charge in [-0.1, -0.05) is 5.16 Å². The Labute approximate surface area is 85.9 Å². The molecule has 0 saturated heterocycles. The molecule has 0 radical (unpaired) electrons. The average Bonchev–Trinajstić information content (AvgIpc) is 2.69. The first-order valence-corrected chi connectivity index (χ1v) is 4.44. The van der Waals surface area contributed by atoms with E-state index in [2.05, 4.69) is 15.0 Å². The van der Waals surface area contributed by atoms with Crippen molar-refractivity contribution >= 4 is 11.4 Å². The molecular weight excluding hydrogens is 197 g/mol. The summed E-state index contributed by atoms with van der Waals surface area (Å²) in [6, 6.07) is 5.95. The van der Waals surface area contributed by atoms with Gasteiger partial charge in [-0.3, -0.25) is 0 Å². The lowest BCUT2D eigenvalue weighted by Gasteiger charge is -2.07. The quantitative estimate of drug-likeness (QED) is 0.755. The van der Waals surface area contributed by atoms with Crippen molar-refractivity contribution in [3.63, 3.8) is 0 Å². The third-order valence-electron chi connectivity index (χ3n) is 1.96. The van der Waals surface area contributed by atoms with Crippen LogP contribution in [-0.2, 0) is 6.54 Å². The second kappa shape index (κ2) is 4.00. The lowest BCUT2D eigenvalue weighted by Crippen LogP contribution is -2.02. The van der Waals surface area contributed by atoms with Crippen LogP contribution in [0.4, 0.5) is 15.8 Å². The van der Waals surface area contributed by atoms with E-state index in [9.17, 15) is 4.39 Å². The monoisotopic (exact) mass is 207 g/mol. The maximum absolute atomic E-state index is 12.7. The molecule has 0 unspecified atom stereocenters. The maximum atomic E-state index is 12.7. The van der Waals surface area contributed by atoms with Crippen LogP contribution in [-0.4, -0.2) is 5.16 Å². The molecule has 0 amide bonds. The number of rotatable bonds is 3. The lowest BCUT2D eigenvalue weighted by molar-refractivity contribution is 0.412. The van der Waals surface area contributed by atoms with Crippen molar-refractivity contribution in [1.82, 2.24) is 5.16 Å². The van der Waals surface area contributed by atoms with Crippen LogP contribution in [0.15, 0.2) is 35.1 Å². The van der Waals surface area contributed by atoms with E-state index in [0.29, 0.717) is 17.9 Å². The third-order valence-corrected chi connectivity index (χ3v) is 1.96. The highest BCUT2D eigenvalue weighted by Crippen LogP contribution is 2.19. The summed E-state index contributed by atoms with van der Waals surface area (Å²) in [6.45, 7) is 0.492. The summed E-state index contributed by atoms with van der Waals surface area (Å²) < 4.78 is 17.4. The van der Waals surface area contributed by atoms with E-state index in [0.717, 1.165) is 5.69 Å². The van der Waals surface area contributed by atoms with Gasteiger partial charge >= 0.3 is 0 Å². The fourth-order valence-electron chi connectivity index (χ4n) is 1.21. The molecule has 0 aliphatic carbocycles. The Bertz CT molecular complexity index is 442. The van der Waals surface area contributed by atoms with E-state index >= 15 is 0 Å². The molecule has 4 nitrogen and oxygen atoms in total. The summed E-state index contributed by atoms with van der Waals surface area (Å²) in [5, 5.41) is 6.75. The number of nitrogens with one attached hydrogen (secondary N) is 1. The number of nitrogens with zero attached hydrogens (tertiary/aromatic N) is 1. The van der Waals surface area contributed by atoms with Gasteiger partial charge < -0.3 is 15.6 Å². The van der Waals surface area contributed by atoms with Crippen LogP contribution in [0.1, 0.15) is 5.69 Å². The van der Waals surface area contributed by atoms with Gasteiger partial charge in [0.15, 0.2) is 0 Å². The average molecular weight is 207 g/mol. The standard InChI is InChI=1S/C10H10FN3O/c11-7-1-2-10(9(12)5-7)13-6-8-3-4-15-14-8/h1-5,13H,6,12H2. The highest BCUT2D eigenvalue weighted by atomic mass is 19.1. The minimum absolute atomic E-state index is 0.348. The van der Waals surface area contributed by atoms with Gasteiger partial charge in [-0.25, -0.2) is 4.39 Å². The topological polar surface area (TPSA) is 64.1 Å². The molecule has 0 atom stereocenters. The first kappa shape index (κ1) is 9.51. The summed E-state index contributed by atoms with van der Waals surface area (Å²) in [4.78, 5) is 0. The molecular formula is C10H10FN3O. The predicted molar refractivity (Wildman–Crippen MR) is 54.6 cm³/mol. The van der Waals surface area contributed by atoms with Crippen LogP contribution >= 0.6 is 0 Å². The minimum Gasteiger partial charge on any atom is -0.397 e. The van der Waals surface area contributed by atoms with Crippen molar-refractivity contribution in [3.8, 4) is 0 Å². The van der Waals surface area contributed by atoms with Gasteiger partial charge in [0.05, 0.1) is 17.9 Å². The smallest absolute Gasteiger partial charge is 0.125 e. The lowest BCUT2D eigenvalue weighted by atomic mass is 10.2. The Morgan fingerprint density at radius 1 is 1.40 bits per heavy atom. The molecule has 2 aromatic rings. The Morgan fingerprint density at radius 2 is 2.27 bits per heavy atom. The molecule has 2 rings (SSSR count). The van der Waals surface area contributed by atoms with Crippen LogP contribution in [0.3, 0.4) is 0 Å². The van der Waals surface area contributed by atoms with Gasteiger partial charge in [-0.15, -0.1) is 0 Å². The summed E-state index contributed by atoms with van der Waals surface area (Å²) in [5.74, 6) is -0.348. The molecule has 15 heavy (non-hydrogen) atoms. The number of hydrogen-bond donors (Lipinski definition) is 2. The number of hydrogen-bond acceptors (Lipinski definition) is 4. The molecule has 0 aliphatic rings. The molecule has 0 spiro atoms. The number of anilines is 2. The van der Waals surface area contributed by atoms with E-state index in [1.54, 1.807) is 12.1 Å². The summed E-state index contributed by atoms with van der Waals surface area (Å²) >= 11 is 0. The number of halogens is 1. The maximum Gasteiger partial charge on any atom is 0.125 e. The van der Waals surface area contributed by atoms with Crippen LogP contribution < -0.4 is 11.1 Å². The van der Waals surface area contributed by atoms with Gasteiger partial charge in [-0.05, 0) is 18.2 Å². The highest BCUT2D eigenvalue weighted by molar-refractivity contribution is 5.65. The second-order valence-electron chi connectivity index (χ2n) is 3.08. The fraction of sp³-hybridized carbons (Fsp3) is 0.100. The van der Waals surface area contributed by atoms with Gasteiger partial charge in [0.25, 0.3) is 0 Å². The third kappa shape index (κ3) is 2.25. The Balaban J connectivity index is 2.05. The van der Waals surface area contributed by atoms with E-state index < -0.39 is 0 Å². The molecule has 78 valence electrons. The van der Waals surface area contributed by atoms with E-state index in [4.69, 9.17) is 5.73 Å². The zero-order valence-corrected chi connectivity index (χ0v) is 7.90. The molecule has 0 bridgehead atoms. The van der Waals surface area contributed by atoms with Crippen molar-refractivity contribution in [2.45, 2.75) is 6.54 Å². The van der Waals surface area contributed by atoms with Crippen LogP contribution in [0.2, 0.25) is 0 Å². The molecule has 1 aromatic carbocycles. The predicted octanol–water partition coefficient (Wildman–Crippen LogP) is 2.01. The largest absolute Gasteiger partial charge is 0.397 e. The van der Waals surface area contributed by atoms with Crippen molar-refractivity contribution < 1.29 is 8.91 Å². The number of aromatic nitrogens is 1. The van der Waals surface area contributed by atoms with Gasteiger partial charge in [0.2, 0.25) is 0 Å². The van der Waals surface area contributed by atoms with E-state index in [1.807, 2.05) is 0 Å². The number of nitrogens with two attached hydrogens (primary N) is 1. The van der Waals surface area contributed by atoms with E-state index in [-0.39, 0.29) is 5.82 Å². The minimum atomic E-state index is -0.348. The zero-order chi connectivity index (χ0) is 10.7. The molecule has 0 fully saturated rings. The van der Waals surface area contributed by atoms with Gasteiger partial charge in [0.1, 0.15) is 17.8 Å². The van der Waals surface area contributed by atoms with Crippen LogP contribution in [0, 0.1) is 5.82 Å². The number of benzene rings is 1. The summed E-state index contributed by atoms with van der Waals surface area (Å²) in [7, 11) is 0. The molecule has 3 N–H and O–H groups in total. The molecule has 1 aromatic heterocycles. The van der Waals surface area contributed by atoms with Crippen molar-refractivity contribution in [1.29, 1.82) is 0 Å². The Morgan fingerprint density at radius 3 is 2.93 bits per heavy atom. The molecule has 1 heterocycles. The second-order valence-corrected chi connectivity index (χ2v) is 3.08. The SMILES string of the molecule is Nc1cc(F)ccc1NCc1ccon1. The van der Waals surface area contributed by atoms with Crippen molar-refractivity contribution in [2.24, 2.45) is 0 Å². The van der Waals surface area contributed by atoms with Gasteiger partial charge in [-0.2, -0.15) is 0 Å². The molecule has 5 heteroatoms. The highest BCUT2D eigenvalue weighted by Gasteiger charge is 2.01. The Kier molecular flexibility index (Phi) is 2.53. The van der Waals surface area contributed by atoms with E-state index in [1.165, 1.54) is 18.4 Å².